The monoisotopic (exact) mass is 606 g/mol. The minimum atomic E-state index is -0.817. The Hall–Kier alpha value is -4.11. The van der Waals surface area contributed by atoms with Crippen molar-refractivity contribution in [3.63, 3.8) is 0 Å². The molecule has 9 heteroatoms. The number of hydrogen-bond acceptors (Lipinski definition) is 6. The first-order valence-corrected chi connectivity index (χ1v) is 13.9. The zero-order chi connectivity index (χ0) is 28.6. The molecule has 4 rings (SSSR count). The fourth-order valence-electron chi connectivity index (χ4n) is 4.12. The molecule has 40 heavy (non-hydrogen) atoms. The molecule has 8 nitrogen and oxygen atoms in total. The first-order chi connectivity index (χ1) is 19.3. The van der Waals surface area contributed by atoms with Crippen LogP contribution >= 0.6 is 15.9 Å². The highest BCUT2D eigenvalue weighted by Crippen LogP contribution is 2.38. The number of hydrogen-bond donors (Lipinski definition) is 1. The minimum Gasteiger partial charge on any atom is -0.494 e. The summed E-state index contributed by atoms with van der Waals surface area (Å²) in [5.74, 6) is 0.0726. The summed E-state index contributed by atoms with van der Waals surface area (Å²) < 4.78 is 18.2. The molecule has 0 saturated carbocycles. The number of halogens is 1. The molecule has 0 spiro atoms. The Morgan fingerprint density at radius 1 is 0.950 bits per heavy atom. The van der Waals surface area contributed by atoms with E-state index in [2.05, 4.69) is 28.2 Å². The van der Waals surface area contributed by atoms with Gasteiger partial charge in [-0.05, 0) is 89.8 Å². The summed E-state index contributed by atoms with van der Waals surface area (Å²) in [4.78, 5) is 39.6. The number of anilines is 1. The molecule has 1 N–H and O–H groups in total. The number of unbranched alkanes of at least 4 members (excludes halogenated alkanes) is 1. The summed E-state index contributed by atoms with van der Waals surface area (Å²) in [7, 11) is 0. The smallest absolute Gasteiger partial charge is 0.335 e. The average Bonchev–Trinajstić information content (AvgIpc) is 2.92. The summed E-state index contributed by atoms with van der Waals surface area (Å²) >= 11 is 3.54. The maximum Gasteiger partial charge on any atom is 0.335 e. The summed E-state index contributed by atoms with van der Waals surface area (Å²) in [6.45, 7) is 7.24. The van der Waals surface area contributed by atoms with E-state index in [-0.39, 0.29) is 5.57 Å². The molecule has 208 valence electrons. The van der Waals surface area contributed by atoms with Gasteiger partial charge in [-0.3, -0.25) is 14.9 Å². The number of nitrogens with one attached hydrogen (secondary N) is 1. The van der Waals surface area contributed by atoms with Crippen molar-refractivity contribution in [3.8, 4) is 17.2 Å². The molecule has 1 aliphatic rings. The summed E-state index contributed by atoms with van der Waals surface area (Å²) in [5, 5.41) is 2.25. The van der Waals surface area contributed by atoms with Crippen LogP contribution in [-0.2, 0) is 16.2 Å². The van der Waals surface area contributed by atoms with Crippen molar-refractivity contribution in [1.82, 2.24) is 5.32 Å². The van der Waals surface area contributed by atoms with E-state index in [1.54, 1.807) is 36.4 Å². The minimum absolute atomic E-state index is 0.189. The number of rotatable bonds is 11. The second-order valence-electron chi connectivity index (χ2n) is 9.19. The fourth-order valence-corrected chi connectivity index (χ4v) is 4.69. The van der Waals surface area contributed by atoms with Crippen LogP contribution in [0.3, 0.4) is 0 Å². The molecular formula is C31H31BrN2O6. The van der Waals surface area contributed by atoms with Gasteiger partial charge in [0, 0.05) is 0 Å². The molecule has 3 aromatic rings. The lowest BCUT2D eigenvalue weighted by molar-refractivity contribution is -0.122. The summed E-state index contributed by atoms with van der Waals surface area (Å²) in [6, 6.07) is 17.2. The number of aryl methyl sites for hydroxylation is 1. The molecule has 0 aromatic heterocycles. The first-order valence-electron chi connectivity index (χ1n) is 13.1. The van der Waals surface area contributed by atoms with Crippen LogP contribution in [0.15, 0.2) is 70.7 Å². The first kappa shape index (κ1) is 28.9. The van der Waals surface area contributed by atoms with E-state index in [9.17, 15) is 14.4 Å². The SMILES string of the molecule is CCCCOc1ccc(N2C(=O)NC(=O)/C(=C/c3cc(Br)c(OCc4cccc(C)c4)c(OCC)c3)C2=O)cc1. The number of urea groups is 1. The van der Waals surface area contributed by atoms with Crippen LogP contribution in [0.5, 0.6) is 17.2 Å². The van der Waals surface area contributed by atoms with Crippen LogP contribution < -0.4 is 24.4 Å². The van der Waals surface area contributed by atoms with E-state index in [4.69, 9.17) is 14.2 Å². The molecule has 1 heterocycles. The highest BCUT2D eigenvalue weighted by molar-refractivity contribution is 9.10. The lowest BCUT2D eigenvalue weighted by Gasteiger charge is -2.26. The maximum absolute atomic E-state index is 13.4. The Kier molecular flexibility index (Phi) is 9.60. The average molecular weight is 608 g/mol. The van der Waals surface area contributed by atoms with Crippen LogP contribution in [-0.4, -0.2) is 31.1 Å². The van der Waals surface area contributed by atoms with Gasteiger partial charge in [0.2, 0.25) is 0 Å². The molecule has 4 amide bonds. The standard InChI is InChI=1S/C31H31BrN2O6/c1-4-6-14-39-24-12-10-23(11-13-24)34-30(36)25(29(35)33-31(34)37)16-22-17-26(32)28(27(18-22)38-5-2)40-19-21-9-7-8-20(3)15-21/h7-13,15-18H,4-6,14,19H2,1-3H3,(H,33,35,37)/b25-16-. The van der Waals surface area contributed by atoms with Gasteiger partial charge < -0.3 is 14.2 Å². The summed E-state index contributed by atoms with van der Waals surface area (Å²) in [6.07, 6.45) is 3.36. The van der Waals surface area contributed by atoms with Gasteiger partial charge in [0.15, 0.2) is 11.5 Å². The van der Waals surface area contributed by atoms with Gasteiger partial charge in [-0.1, -0.05) is 43.2 Å². The molecule has 0 atom stereocenters. The molecule has 1 aliphatic heterocycles. The third kappa shape index (κ3) is 6.90. The van der Waals surface area contributed by atoms with E-state index in [0.29, 0.717) is 52.8 Å². The highest BCUT2D eigenvalue weighted by atomic mass is 79.9. The van der Waals surface area contributed by atoms with Gasteiger partial charge in [0.05, 0.1) is 23.4 Å². The lowest BCUT2D eigenvalue weighted by atomic mass is 10.1. The normalized spacial score (nSPS) is 14.3. The number of nitrogens with zero attached hydrogens (tertiary/aromatic N) is 1. The van der Waals surface area contributed by atoms with Gasteiger partial charge in [-0.15, -0.1) is 0 Å². The van der Waals surface area contributed by atoms with Crippen LogP contribution in [0.2, 0.25) is 0 Å². The molecule has 0 aliphatic carbocycles. The Balaban J connectivity index is 1.59. The van der Waals surface area contributed by atoms with Crippen molar-refractivity contribution in [2.45, 2.75) is 40.2 Å². The van der Waals surface area contributed by atoms with Gasteiger partial charge in [0.25, 0.3) is 11.8 Å². The van der Waals surface area contributed by atoms with Gasteiger partial charge in [0.1, 0.15) is 17.9 Å². The molecule has 0 unspecified atom stereocenters. The number of carbonyl (C=O) groups excluding carboxylic acids is 3. The molecule has 1 fully saturated rings. The topological polar surface area (TPSA) is 94.2 Å². The Bertz CT molecular complexity index is 1430. The lowest BCUT2D eigenvalue weighted by Crippen LogP contribution is -2.54. The van der Waals surface area contributed by atoms with Crippen molar-refractivity contribution >= 4 is 45.5 Å². The fraction of sp³-hybridized carbons (Fsp3) is 0.258. The molecule has 0 radical (unpaired) electrons. The number of imide groups is 2. The zero-order valence-corrected chi connectivity index (χ0v) is 24.2. The predicted octanol–water partition coefficient (Wildman–Crippen LogP) is 6.58. The van der Waals surface area contributed by atoms with Crippen LogP contribution in [0.1, 0.15) is 43.4 Å². The third-order valence-corrected chi connectivity index (χ3v) is 6.66. The second-order valence-corrected chi connectivity index (χ2v) is 10.0. The molecule has 1 saturated heterocycles. The molecule has 0 bridgehead atoms. The predicted molar refractivity (Wildman–Crippen MR) is 157 cm³/mol. The highest BCUT2D eigenvalue weighted by Gasteiger charge is 2.37. The number of carbonyl (C=O) groups is 3. The van der Waals surface area contributed by atoms with Crippen LogP contribution in [0, 0.1) is 6.92 Å². The number of amides is 4. The number of ether oxygens (including phenoxy) is 3. The van der Waals surface area contributed by atoms with Gasteiger partial charge in [-0.25, -0.2) is 9.69 Å². The van der Waals surface area contributed by atoms with E-state index in [0.717, 1.165) is 28.9 Å². The van der Waals surface area contributed by atoms with Crippen molar-refractivity contribution in [3.05, 3.63) is 87.4 Å². The van der Waals surface area contributed by atoms with Crippen LogP contribution in [0.25, 0.3) is 6.08 Å². The maximum atomic E-state index is 13.4. The Labute approximate surface area is 242 Å². The van der Waals surface area contributed by atoms with Crippen molar-refractivity contribution < 1.29 is 28.6 Å². The second kappa shape index (κ2) is 13.3. The number of benzene rings is 3. The quantitative estimate of drug-likeness (QED) is 0.150. The Morgan fingerprint density at radius 3 is 2.42 bits per heavy atom. The molecular weight excluding hydrogens is 576 g/mol. The van der Waals surface area contributed by atoms with Crippen molar-refractivity contribution in [2.24, 2.45) is 0 Å². The molecule has 3 aromatic carbocycles. The Morgan fingerprint density at radius 2 is 1.73 bits per heavy atom. The third-order valence-electron chi connectivity index (χ3n) is 6.07. The van der Waals surface area contributed by atoms with Crippen molar-refractivity contribution in [2.75, 3.05) is 18.1 Å². The largest absolute Gasteiger partial charge is 0.494 e. The number of barbiturate groups is 1. The van der Waals surface area contributed by atoms with Crippen LogP contribution in [0.4, 0.5) is 10.5 Å². The van der Waals surface area contributed by atoms with E-state index in [1.807, 2.05) is 38.1 Å². The van der Waals surface area contributed by atoms with E-state index in [1.165, 1.54) is 6.08 Å². The van der Waals surface area contributed by atoms with Gasteiger partial charge >= 0.3 is 6.03 Å². The van der Waals surface area contributed by atoms with Gasteiger partial charge in [-0.2, -0.15) is 0 Å². The van der Waals surface area contributed by atoms with E-state index < -0.39 is 17.8 Å². The van der Waals surface area contributed by atoms with E-state index >= 15 is 0 Å². The zero-order valence-electron chi connectivity index (χ0n) is 22.7. The van der Waals surface area contributed by atoms with Crippen molar-refractivity contribution in [1.29, 1.82) is 0 Å². The summed E-state index contributed by atoms with van der Waals surface area (Å²) in [5.41, 5.74) is 2.79.